The largest absolute Gasteiger partial charge is 0.513 e. The molecule has 1 aromatic carbocycles. The molecule has 0 fully saturated rings. The minimum Gasteiger partial charge on any atom is -0.479 e. The lowest BCUT2D eigenvalue weighted by Gasteiger charge is -2.15. The van der Waals surface area contributed by atoms with Crippen molar-refractivity contribution in [3.63, 3.8) is 0 Å². The molecule has 7 nitrogen and oxygen atoms in total. The average molecular weight is 402 g/mol. The summed E-state index contributed by atoms with van der Waals surface area (Å²) < 4.78 is 15.4. The Morgan fingerprint density at radius 3 is 2.38 bits per heavy atom. The number of furan rings is 1. The molecule has 0 amide bonds. The second kappa shape index (κ2) is 8.33. The fourth-order valence-electron chi connectivity index (χ4n) is 2.36. The van der Waals surface area contributed by atoms with Gasteiger partial charge < -0.3 is 24.3 Å². The van der Waals surface area contributed by atoms with E-state index in [0.717, 1.165) is 0 Å². The minimum absolute atomic E-state index is 0.0883. The third-order valence-corrected chi connectivity index (χ3v) is 3.86. The SMILES string of the molecule is CCOC(=O)Oc1c(C)oc(C(Nc2cc(Cl)cc(Cl)c2)C(=O)O)c1C. The highest BCUT2D eigenvalue weighted by Gasteiger charge is 2.30. The number of benzene rings is 1. The zero-order valence-corrected chi connectivity index (χ0v) is 15.8. The first-order valence-corrected chi connectivity index (χ1v) is 8.38. The lowest BCUT2D eigenvalue weighted by molar-refractivity contribution is -0.138. The van der Waals surface area contributed by atoms with Crippen LogP contribution in [0.5, 0.6) is 5.75 Å². The van der Waals surface area contributed by atoms with Crippen LogP contribution in [0.4, 0.5) is 10.5 Å². The maximum Gasteiger partial charge on any atom is 0.513 e. The summed E-state index contributed by atoms with van der Waals surface area (Å²) in [6, 6.07) is 3.34. The first-order chi connectivity index (χ1) is 12.2. The van der Waals surface area contributed by atoms with E-state index in [2.05, 4.69) is 5.32 Å². The number of carbonyl (C=O) groups is 2. The van der Waals surface area contributed by atoms with Crippen LogP contribution in [0, 0.1) is 13.8 Å². The minimum atomic E-state index is -1.25. The molecule has 1 unspecified atom stereocenters. The van der Waals surface area contributed by atoms with Gasteiger partial charge in [-0.1, -0.05) is 23.2 Å². The third kappa shape index (κ3) is 4.62. The molecule has 0 saturated carbocycles. The van der Waals surface area contributed by atoms with Crippen LogP contribution in [0.2, 0.25) is 10.0 Å². The number of hydrogen-bond donors (Lipinski definition) is 2. The van der Waals surface area contributed by atoms with E-state index in [1.165, 1.54) is 18.2 Å². The van der Waals surface area contributed by atoms with Gasteiger partial charge in [0.2, 0.25) is 0 Å². The van der Waals surface area contributed by atoms with Crippen molar-refractivity contribution >= 4 is 41.0 Å². The smallest absolute Gasteiger partial charge is 0.479 e. The van der Waals surface area contributed by atoms with Crippen LogP contribution >= 0.6 is 23.2 Å². The standard InChI is InChI=1S/C17H17Cl2NO6/c1-4-24-17(23)26-14-8(2)15(25-9(14)3)13(16(21)22)20-12-6-10(18)5-11(19)7-12/h5-7,13,20H,4H2,1-3H3,(H,21,22). The Kier molecular flexibility index (Phi) is 6.39. The number of carboxylic acids is 1. The molecule has 0 spiro atoms. The summed E-state index contributed by atoms with van der Waals surface area (Å²) in [7, 11) is 0. The van der Waals surface area contributed by atoms with Crippen LogP contribution in [-0.2, 0) is 9.53 Å². The molecule has 9 heteroatoms. The zero-order chi connectivity index (χ0) is 19.4. The van der Waals surface area contributed by atoms with Crippen LogP contribution in [0.15, 0.2) is 22.6 Å². The lowest BCUT2D eigenvalue weighted by Crippen LogP contribution is -2.21. The van der Waals surface area contributed by atoms with Crippen molar-refractivity contribution in [1.82, 2.24) is 0 Å². The van der Waals surface area contributed by atoms with Crippen LogP contribution in [0.3, 0.4) is 0 Å². The molecule has 140 valence electrons. The summed E-state index contributed by atoms with van der Waals surface area (Å²) >= 11 is 11.9. The fourth-order valence-corrected chi connectivity index (χ4v) is 2.89. The van der Waals surface area contributed by atoms with Crippen molar-refractivity contribution in [2.24, 2.45) is 0 Å². The Hall–Kier alpha value is -2.38. The summed E-state index contributed by atoms with van der Waals surface area (Å²) in [6.45, 7) is 4.93. The second-order valence-electron chi connectivity index (χ2n) is 5.34. The molecule has 2 N–H and O–H groups in total. The van der Waals surface area contributed by atoms with E-state index in [4.69, 9.17) is 37.1 Å². The van der Waals surface area contributed by atoms with E-state index >= 15 is 0 Å². The monoisotopic (exact) mass is 401 g/mol. The fraction of sp³-hybridized carbons (Fsp3) is 0.294. The van der Waals surface area contributed by atoms with Crippen molar-refractivity contribution in [1.29, 1.82) is 0 Å². The van der Waals surface area contributed by atoms with Gasteiger partial charge in [-0.25, -0.2) is 9.59 Å². The van der Waals surface area contributed by atoms with Gasteiger partial charge in [0.25, 0.3) is 0 Å². The predicted molar refractivity (Wildman–Crippen MR) is 96.3 cm³/mol. The molecule has 1 heterocycles. The first kappa shape index (κ1) is 19.9. The van der Waals surface area contributed by atoms with Crippen molar-refractivity contribution in [2.45, 2.75) is 26.8 Å². The van der Waals surface area contributed by atoms with Gasteiger partial charge in [0.05, 0.1) is 6.61 Å². The summed E-state index contributed by atoms with van der Waals surface area (Å²) in [6.07, 6.45) is -0.896. The van der Waals surface area contributed by atoms with Crippen LogP contribution in [0.25, 0.3) is 0 Å². The molecule has 0 aliphatic rings. The van der Waals surface area contributed by atoms with Gasteiger partial charge >= 0.3 is 12.1 Å². The number of carboxylic acid groups (broad SMARTS) is 1. The van der Waals surface area contributed by atoms with Crippen molar-refractivity contribution in [3.8, 4) is 5.75 Å². The number of rotatable bonds is 6. The Bertz CT molecular complexity index is 813. The van der Waals surface area contributed by atoms with E-state index < -0.39 is 18.2 Å². The molecule has 26 heavy (non-hydrogen) atoms. The first-order valence-electron chi connectivity index (χ1n) is 7.62. The summed E-state index contributed by atoms with van der Waals surface area (Å²) in [5.41, 5.74) is 0.764. The van der Waals surface area contributed by atoms with Crippen LogP contribution < -0.4 is 10.1 Å². The Labute approximate surface area is 159 Å². The Morgan fingerprint density at radius 1 is 1.23 bits per heavy atom. The van der Waals surface area contributed by atoms with Crippen LogP contribution in [0.1, 0.15) is 30.0 Å². The molecular weight excluding hydrogens is 385 g/mol. The summed E-state index contributed by atoms with van der Waals surface area (Å²) in [5, 5.41) is 13.1. The number of aliphatic carboxylic acids is 1. The topological polar surface area (TPSA) is 98.0 Å². The van der Waals surface area contributed by atoms with Gasteiger partial charge in [0.1, 0.15) is 11.5 Å². The molecule has 1 atom stereocenters. The molecule has 0 bridgehead atoms. The lowest BCUT2D eigenvalue weighted by atomic mass is 10.1. The Morgan fingerprint density at radius 2 is 1.85 bits per heavy atom. The number of carbonyl (C=O) groups excluding carboxylic acids is 1. The van der Waals surface area contributed by atoms with Crippen LogP contribution in [-0.4, -0.2) is 23.8 Å². The molecule has 0 saturated heterocycles. The molecule has 2 aromatic rings. The zero-order valence-electron chi connectivity index (χ0n) is 14.3. The van der Waals surface area contributed by atoms with Gasteiger partial charge in [-0.05, 0) is 39.0 Å². The van der Waals surface area contributed by atoms with Gasteiger partial charge in [-0.2, -0.15) is 0 Å². The number of ether oxygens (including phenoxy) is 2. The molecule has 0 radical (unpaired) electrons. The van der Waals surface area contributed by atoms with E-state index in [9.17, 15) is 14.7 Å². The predicted octanol–water partition coefficient (Wildman–Crippen LogP) is 4.98. The van der Waals surface area contributed by atoms with E-state index in [0.29, 0.717) is 21.3 Å². The Balaban J connectivity index is 2.35. The van der Waals surface area contributed by atoms with Gasteiger partial charge in [-0.3, -0.25) is 0 Å². The normalized spacial score (nSPS) is 11.7. The van der Waals surface area contributed by atoms with Gasteiger partial charge in [0, 0.05) is 21.3 Å². The molecular formula is C17H17Cl2NO6. The number of aryl methyl sites for hydroxylation is 1. The summed E-state index contributed by atoms with van der Waals surface area (Å²) in [5.74, 6) is -0.732. The maximum absolute atomic E-state index is 11.8. The van der Waals surface area contributed by atoms with E-state index in [1.807, 2.05) is 0 Å². The molecule has 2 rings (SSSR count). The van der Waals surface area contributed by atoms with Crippen molar-refractivity contribution in [3.05, 3.63) is 45.3 Å². The maximum atomic E-state index is 11.8. The number of hydrogen-bond acceptors (Lipinski definition) is 6. The number of halogens is 2. The highest BCUT2D eigenvalue weighted by molar-refractivity contribution is 6.35. The molecule has 1 aromatic heterocycles. The molecule has 0 aliphatic heterocycles. The van der Waals surface area contributed by atoms with E-state index in [-0.39, 0.29) is 23.9 Å². The van der Waals surface area contributed by atoms with Crippen molar-refractivity contribution < 1.29 is 28.6 Å². The highest BCUT2D eigenvalue weighted by atomic mass is 35.5. The van der Waals surface area contributed by atoms with Gasteiger partial charge in [0.15, 0.2) is 11.8 Å². The number of nitrogens with one attached hydrogen (secondary N) is 1. The quantitative estimate of drug-likeness (QED) is 0.658. The van der Waals surface area contributed by atoms with Crippen molar-refractivity contribution in [2.75, 3.05) is 11.9 Å². The summed E-state index contributed by atoms with van der Waals surface area (Å²) in [4.78, 5) is 23.3. The molecule has 0 aliphatic carbocycles. The average Bonchev–Trinajstić information content (AvgIpc) is 2.79. The third-order valence-electron chi connectivity index (χ3n) is 3.42. The van der Waals surface area contributed by atoms with E-state index in [1.54, 1.807) is 20.8 Å². The van der Waals surface area contributed by atoms with Gasteiger partial charge in [-0.15, -0.1) is 0 Å². The highest BCUT2D eigenvalue weighted by Crippen LogP contribution is 2.35. The second-order valence-corrected chi connectivity index (χ2v) is 6.21. The number of anilines is 1.